The Hall–Kier alpha value is -1.81. The molecular weight excluding hydrogens is 231 g/mol. The zero-order valence-corrected chi connectivity index (χ0v) is 8.78. The van der Waals surface area contributed by atoms with Crippen molar-refractivity contribution in [2.45, 2.75) is 0 Å². The van der Waals surface area contributed by atoms with Crippen molar-refractivity contribution < 1.29 is 9.18 Å². The van der Waals surface area contributed by atoms with Crippen molar-refractivity contribution in [2.24, 2.45) is 0 Å². The SMILES string of the molecule is O=C(c1ccc(Cl)nc1)c1ccncc1F. The molecule has 0 bridgehead atoms. The molecule has 16 heavy (non-hydrogen) atoms. The molecule has 0 saturated carbocycles. The van der Waals surface area contributed by atoms with Crippen LogP contribution in [0, 0.1) is 5.82 Å². The molecule has 0 fully saturated rings. The molecule has 3 nitrogen and oxygen atoms in total. The van der Waals surface area contributed by atoms with Crippen LogP contribution in [-0.4, -0.2) is 15.8 Å². The summed E-state index contributed by atoms with van der Waals surface area (Å²) in [6.07, 6.45) is 3.67. The fraction of sp³-hybridized carbons (Fsp3) is 0. The van der Waals surface area contributed by atoms with Crippen molar-refractivity contribution in [1.82, 2.24) is 9.97 Å². The molecule has 0 aliphatic heterocycles. The van der Waals surface area contributed by atoms with E-state index in [9.17, 15) is 9.18 Å². The third kappa shape index (κ3) is 2.06. The van der Waals surface area contributed by atoms with Crippen LogP contribution in [0.1, 0.15) is 15.9 Å². The van der Waals surface area contributed by atoms with Crippen molar-refractivity contribution in [3.63, 3.8) is 0 Å². The number of carbonyl (C=O) groups is 1. The second-order valence-electron chi connectivity index (χ2n) is 3.05. The molecule has 0 aliphatic carbocycles. The number of halogens is 2. The van der Waals surface area contributed by atoms with Gasteiger partial charge in [-0.3, -0.25) is 9.78 Å². The first kappa shape index (κ1) is 10.7. The van der Waals surface area contributed by atoms with E-state index in [0.717, 1.165) is 6.20 Å². The zero-order chi connectivity index (χ0) is 11.5. The molecule has 5 heteroatoms. The molecule has 0 N–H and O–H groups in total. The molecule has 0 amide bonds. The van der Waals surface area contributed by atoms with Crippen LogP contribution in [0.25, 0.3) is 0 Å². The number of hydrogen-bond donors (Lipinski definition) is 0. The fourth-order valence-electron chi connectivity index (χ4n) is 1.22. The van der Waals surface area contributed by atoms with E-state index >= 15 is 0 Å². The number of pyridine rings is 2. The first-order valence-electron chi connectivity index (χ1n) is 4.44. The Balaban J connectivity index is 2.40. The van der Waals surface area contributed by atoms with Crippen LogP contribution in [0.15, 0.2) is 36.8 Å². The maximum atomic E-state index is 13.3. The van der Waals surface area contributed by atoms with E-state index in [4.69, 9.17) is 11.6 Å². The highest BCUT2D eigenvalue weighted by Crippen LogP contribution is 2.13. The Labute approximate surface area is 95.9 Å². The minimum atomic E-state index is -0.651. The predicted octanol–water partition coefficient (Wildman–Crippen LogP) is 2.50. The Bertz CT molecular complexity index is 528. The molecule has 2 heterocycles. The molecule has 2 aromatic rings. The highest BCUT2D eigenvalue weighted by Gasteiger charge is 2.13. The summed E-state index contributed by atoms with van der Waals surface area (Å²) in [4.78, 5) is 19.2. The van der Waals surface area contributed by atoms with Gasteiger partial charge in [-0.05, 0) is 18.2 Å². The molecule has 0 unspecified atom stereocenters. The van der Waals surface area contributed by atoms with Crippen molar-refractivity contribution in [1.29, 1.82) is 0 Å². The van der Waals surface area contributed by atoms with Crippen molar-refractivity contribution in [2.75, 3.05) is 0 Å². The van der Waals surface area contributed by atoms with Crippen LogP contribution >= 0.6 is 11.6 Å². The van der Waals surface area contributed by atoms with E-state index in [1.165, 1.54) is 30.6 Å². The molecule has 2 aromatic heterocycles. The van der Waals surface area contributed by atoms with Gasteiger partial charge in [-0.25, -0.2) is 9.37 Å². The molecule has 0 spiro atoms. The quantitative estimate of drug-likeness (QED) is 0.594. The summed E-state index contributed by atoms with van der Waals surface area (Å²) in [5, 5.41) is 0.284. The standard InChI is InChI=1S/C11H6ClFN2O/c12-10-2-1-7(5-15-10)11(16)8-3-4-14-6-9(8)13/h1-6H. The predicted molar refractivity (Wildman–Crippen MR) is 56.9 cm³/mol. The van der Waals surface area contributed by atoms with Gasteiger partial charge in [0, 0.05) is 18.0 Å². The highest BCUT2D eigenvalue weighted by atomic mass is 35.5. The molecular formula is C11H6ClFN2O. The van der Waals surface area contributed by atoms with E-state index in [-0.39, 0.29) is 16.3 Å². The van der Waals surface area contributed by atoms with E-state index in [1.807, 2.05) is 0 Å². The second-order valence-corrected chi connectivity index (χ2v) is 3.44. The van der Waals surface area contributed by atoms with Crippen LogP contribution < -0.4 is 0 Å². The fourth-order valence-corrected chi connectivity index (χ4v) is 1.34. The third-order valence-electron chi connectivity index (χ3n) is 2.01. The Morgan fingerprint density at radius 2 is 2.06 bits per heavy atom. The van der Waals surface area contributed by atoms with Gasteiger partial charge in [0.25, 0.3) is 0 Å². The van der Waals surface area contributed by atoms with Gasteiger partial charge in [-0.1, -0.05) is 11.6 Å². The van der Waals surface area contributed by atoms with Crippen LogP contribution in [0.2, 0.25) is 5.15 Å². The number of nitrogens with zero attached hydrogens (tertiary/aromatic N) is 2. The van der Waals surface area contributed by atoms with Gasteiger partial charge >= 0.3 is 0 Å². The number of aromatic nitrogens is 2. The van der Waals surface area contributed by atoms with Gasteiger partial charge in [0.1, 0.15) is 5.15 Å². The molecule has 0 aromatic carbocycles. The molecule has 2 rings (SSSR count). The normalized spacial score (nSPS) is 10.1. The van der Waals surface area contributed by atoms with Crippen molar-refractivity contribution >= 4 is 17.4 Å². The molecule has 0 radical (unpaired) electrons. The molecule has 80 valence electrons. The van der Waals surface area contributed by atoms with E-state index in [0.29, 0.717) is 0 Å². The minimum Gasteiger partial charge on any atom is -0.288 e. The highest BCUT2D eigenvalue weighted by molar-refractivity contribution is 6.29. The average Bonchev–Trinajstić information content (AvgIpc) is 2.30. The van der Waals surface area contributed by atoms with E-state index in [1.54, 1.807) is 0 Å². The average molecular weight is 237 g/mol. The molecule has 0 aliphatic rings. The lowest BCUT2D eigenvalue weighted by molar-refractivity contribution is 0.103. The lowest BCUT2D eigenvalue weighted by atomic mass is 10.1. The van der Waals surface area contributed by atoms with Crippen LogP contribution in [0.5, 0.6) is 0 Å². The summed E-state index contributed by atoms with van der Waals surface area (Å²) in [6.45, 7) is 0. The zero-order valence-electron chi connectivity index (χ0n) is 8.02. The minimum absolute atomic E-state index is 0.0286. The Morgan fingerprint density at radius 1 is 1.25 bits per heavy atom. The number of rotatable bonds is 2. The lowest BCUT2D eigenvalue weighted by Gasteiger charge is -2.01. The van der Waals surface area contributed by atoms with Crippen molar-refractivity contribution in [3.05, 3.63) is 58.9 Å². The van der Waals surface area contributed by atoms with Gasteiger partial charge in [0.15, 0.2) is 11.6 Å². The van der Waals surface area contributed by atoms with Gasteiger partial charge in [-0.2, -0.15) is 0 Å². The lowest BCUT2D eigenvalue weighted by Crippen LogP contribution is -2.04. The van der Waals surface area contributed by atoms with Gasteiger partial charge in [0.05, 0.1) is 11.8 Å². The first-order chi connectivity index (χ1) is 7.68. The largest absolute Gasteiger partial charge is 0.288 e. The van der Waals surface area contributed by atoms with Crippen LogP contribution in [0.3, 0.4) is 0 Å². The summed E-state index contributed by atoms with van der Waals surface area (Å²) in [7, 11) is 0. The number of carbonyl (C=O) groups excluding carboxylic acids is 1. The molecule has 0 atom stereocenters. The molecule has 0 saturated heterocycles. The smallest absolute Gasteiger partial charge is 0.197 e. The topological polar surface area (TPSA) is 42.9 Å². The maximum Gasteiger partial charge on any atom is 0.197 e. The van der Waals surface area contributed by atoms with E-state index in [2.05, 4.69) is 9.97 Å². The first-order valence-corrected chi connectivity index (χ1v) is 4.82. The Morgan fingerprint density at radius 3 is 2.69 bits per heavy atom. The summed E-state index contributed by atoms with van der Waals surface area (Å²) in [6, 6.07) is 4.30. The summed E-state index contributed by atoms with van der Waals surface area (Å²) < 4.78 is 13.3. The third-order valence-corrected chi connectivity index (χ3v) is 2.23. The monoisotopic (exact) mass is 236 g/mol. The Kier molecular flexibility index (Phi) is 2.92. The summed E-state index contributed by atoms with van der Waals surface area (Å²) in [5.74, 6) is -1.09. The van der Waals surface area contributed by atoms with Crippen LogP contribution in [0.4, 0.5) is 4.39 Å². The summed E-state index contributed by atoms with van der Waals surface area (Å²) in [5.41, 5.74) is 0.258. The van der Waals surface area contributed by atoms with Crippen LogP contribution in [-0.2, 0) is 0 Å². The van der Waals surface area contributed by atoms with E-state index < -0.39 is 11.6 Å². The number of hydrogen-bond acceptors (Lipinski definition) is 3. The van der Waals surface area contributed by atoms with Crippen molar-refractivity contribution in [3.8, 4) is 0 Å². The van der Waals surface area contributed by atoms with Gasteiger partial charge < -0.3 is 0 Å². The second kappa shape index (κ2) is 4.37. The maximum absolute atomic E-state index is 13.3. The number of ketones is 1. The van der Waals surface area contributed by atoms with Gasteiger partial charge in [0.2, 0.25) is 0 Å². The van der Waals surface area contributed by atoms with Gasteiger partial charge in [-0.15, -0.1) is 0 Å². The summed E-state index contributed by atoms with van der Waals surface area (Å²) >= 11 is 5.59.